The van der Waals surface area contributed by atoms with Gasteiger partial charge in [-0.2, -0.15) is 0 Å². The summed E-state index contributed by atoms with van der Waals surface area (Å²) in [6.45, 7) is 3.13. The smallest absolute Gasteiger partial charge is 0.268 e. The molecule has 3 aromatic rings. The van der Waals surface area contributed by atoms with E-state index in [1.54, 1.807) is 12.4 Å². The Balaban J connectivity index is 2.14. The van der Waals surface area contributed by atoms with E-state index in [1.807, 2.05) is 23.6 Å². The number of amides is 1. The van der Waals surface area contributed by atoms with Crippen molar-refractivity contribution in [2.24, 2.45) is 0 Å². The Morgan fingerprint density at radius 3 is 3.00 bits per heavy atom. The molecule has 0 fully saturated rings. The van der Waals surface area contributed by atoms with Crippen LogP contribution in [0.25, 0.3) is 22.0 Å². The fraction of sp³-hybridized carbons (Fsp3) is 0.176. The minimum absolute atomic E-state index is 0.0995. The molecule has 2 aromatic heterocycles. The summed E-state index contributed by atoms with van der Waals surface area (Å²) in [6.07, 6.45) is 3.40. The molecule has 5 heteroatoms. The van der Waals surface area contributed by atoms with Crippen molar-refractivity contribution < 1.29 is 9.18 Å². The molecule has 1 N–H and O–H groups in total. The second kappa shape index (κ2) is 4.66. The SMILES string of the molecule is Cc1c2n(c3c(-c4cccnc4)cc(F)cc13)CCNC2=O. The molecule has 0 spiro atoms. The average Bonchev–Trinajstić information content (AvgIpc) is 2.82. The lowest BCUT2D eigenvalue weighted by Gasteiger charge is -2.18. The summed E-state index contributed by atoms with van der Waals surface area (Å²) in [5.41, 5.74) is 3.95. The number of hydrogen-bond donors (Lipinski definition) is 1. The summed E-state index contributed by atoms with van der Waals surface area (Å²) in [5.74, 6) is -0.407. The zero-order valence-corrected chi connectivity index (χ0v) is 12.1. The number of rotatable bonds is 1. The number of hydrogen-bond acceptors (Lipinski definition) is 2. The van der Waals surface area contributed by atoms with Gasteiger partial charge in [-0.1, -0.05) is 6.07 Å². The van der Waals surface area contributed by atoms with Gasteiger partial charge in [0.25, 0.3) is 5.91 Å². The first-order valence-corrected chi connectivity index (χ1v) is 7.18. The average molecular weight is 295 g/mol. The van der Waals surface area contributed by atoms with Crippen LogP contribution in [0.2, 0.25) is 0 Å². The van der Waals surface area contributed by atoms with Crippen LogP contribution in [0.15, 0.2) is 36.7 Å². The number of aromatic nitrogens is 2. The molecule has 4 rings (SSSR count). The van der Waals surface area contributed by atoms with E-state index in [-0.39, 0.29) is 11.7 Å². The Morgan fingerprint density at radius 1 is 1.36 bits per heavy atom. The number of carbonyl (C=O) groups excluding carboxylic acids is 1. The molecule has 0 saturated heterocycles. The van der Waals surface area contributed by atoms with Crippen molar-refractivity contribution in [1.82, 2.24) is 14.9 Å². The maximum absolute atomic E-state index is 14.1. The first kappa shape index (κ1) is 13.0. The van der Waals surface area contributed by atoms with Crippen molar-refractivity contribution in [1.29, 1.82) is 0 Å². The summed E-state index contributed by atoms with van der Waals surface area (Å²) >= 11 is 0. The number of fused-ring (bicyclic) bond motifs is 3. The highest BCUT2D eigenvalue weighted by atomic mass is 19.1. The van der Waals surface area contributed by atoms with E-state index in [1.165, 1.54) is 12.1 Å². The number of halogens is 1. The van der Waals surface area contributed by atoms with Gasteiger partial charge in [0.15, 0.2) is 0 Å². The van der Waals surface area contributed by atoms with Gasteiger partial charge in [-0.15, -0.1) is 0 Å². The van der Waals surface area contributed by atoms with E-state index in [9.17, 15) is 9.18 Å². The Morgan fingerprint density at radius 2 is 2.23 bits per heavy atom. The van der Waals surface area contributed by atoms with Crippen molar-refractivity contribution in [3.05, 3.63) is 53.7 Å². The van der Waals surface area contributed by atoms with Gasteiger partial charge in [-0.3, -0.25) is 9.78 Å². The molecule has 1 aromatic carbocycles. The Labute approximate surface area is 126 Å². The van der Waals surface area contributed by atoms with Crippen LogP contribution in [-0.2, 0) is 6.54 Å². The van der Waals surface area contributed by atoms with Gasteiger partial charge in [-0.05, 0) is 30.7 Å². The molecule has 0 radical (unpaired) electrons. The van der Waals surface area contributed by atoms with Crippen LogP contribution >= 0.6 is 0 Å². The minimum Gasteiger partial charge on any atom is -0.349 e. The van der Waals surface area contributed by atoms with Crippen molar-refractivity contribution in [2.75, 3.05) is 6.54 Å². The molecule has 0 bridgehead atoms. The molecule has 0 saturated carbocycles. The van der Waals surface area contributed by atoms with E-state index >= 15 is 0 Å². The lowest BCUT2D eigenvalue weighted by molar-refractivity contribution is 0.0928. The van der Waals surface area contributed by atoms with Crippen molar-refractivity contribution in [3.63, 3.8) is 0 Å². The maximum Gasteiger partial charge on any atom is 0.268 e. The standard InChI is InChI=1S/C17H14FN3O/c1-10-13-7-12(18)8-14(11-3-2-4-19-9-11)16(13)21-6-5-20-17(22)15(10)21/h2-4,7-9H,5-6H2,1H3,(H,20,22). The molecule has 0 aliphatic carbocycles. The Bertz CT molecular complexity index is 899. The van der Waals surface area contributed by atoms with E-state index < -0.39 is 0 Å². The summed E-state index contributed by atoms with van der Waals surface area (Å²) in [6, 6.07) is 6.74. The minimum atomic E-state index is -0.308. The Hall–Kier alpha value is -2.69. The molecule has 3 heterocycles. The zero-order valence-electron chi connectivity index (χ0n) is 12.1. The van der Waals surface area contributed by atoms with E-state index in [0.29, 0.717) is 18.8 Å². The first-order valence-electron chi connectivity index (χ1n) is 7.18. The molecule has 0 atom stereocenters. The lowest BCUT2D eigenvalue weighted by Crippen LogP contribution is -2.35. The van der Waals surface area contributed by atoms with Crippen LogP contribution in [0, 0.1) is 12.7 Å². The molecule has 1 aliphatic rings. The van der Waals surface area contributed by atoms with Crippen LogP contribution < -0.4 is 5.32 Å². The largest absolute Gasteiger partial charge is 0.349 e. The second-order valence-corrected chi connectivity index (χ2v) is 5.47. The third-order valence-corrected chi connectivity index (χ3v) is 4.18. The summed E-state index contributed by atoms with van der Waals surface area (Å²) in [7, 11) is 0. The molecule has 22 heavy (non-hydrogen) atoms. The van der Waals surface area contributed by atoms with Crippen molar-refractivity contribution >= 4 is 16.8 Å². The van der Waals surface area contributed by atoms with Crippen LogP contribution in [-0.4, -0.2) is 22.0 Å². The van der Waals surface area contributed by atoms with Gasteiger partial charge >= 0.3 is 0 Å². The number of nitrogens with one attached hydrogen (secondary N) is 1. The highest BCUT2D eigenvalue weighted by Gasteiger charge is 2.25. The van der Waals surface area contributed by atoms with Crippen LogP contribution in [0.3, 0.4) is 0 Å². The fourth-order valence-corrected chi connectivity index (χ4v) is 3.24. The number of carbonyl (C=O) groups is 1. The highest BCUT2D eigenvalue weighted by Crippen LogP contribution is 2.35. The first-order chi connectivity index (χ1) is 10.7. The third-order valence-electron chi connectivity index (χ3n) is 4.18. The van der Waals surface area contributed by atoms with E-state index in [0.717, 1.165) is 27.6 Å². The normalized spacial score (nSPS) is 14.0. The number of aryl methyl sites for hydroxylation is 1. The molecule has 1 aliphatic heterocycles. The molecule has 0 unspecified atom stereocenters. The van der Waals surface area contributed by atoms with Gasteiger partial charge in [0.1, 0.15) is 11.5 Å². The third kappa shape index (κ3) is 1.75. The highest BCUT2D eigenvalue weighted by molar-refractivity contribution is 6.06. The fourth-order valence-electron chi connectivity index (χ4n) is 3.24. The zero-order chi connectivity index (χ0) is 15.3. The topological polar surface area (TPSA) is 46.9 Å². The van der Waals surface area contributed by atoms with Crippen LogP contribution in [0.1, 0.15) is 16.1 Å². The van der Waals surface area contributed by atoms with Gasteiger partial charge in [0, 0.05) is 42.0 Å². The van der Waals surface area contributed by atoms with Crippen LogP contribution in [0.5, 0.6) is 0 Å². The van der Waals surface area contributed by atoms with E-state index in [2.05, 4.69) is 10.3 Å². The molecule has 4 nitrogen and oxygen atoms in total. The van der Waals surface area contributed by atoms with Crippen LogP contribution in [0.4, 0.5) is 4.39 Å². The summed E-state index contributed by atoms with van der Waals surface area (Å²) < 4.78 is 16.1. The molecule has 110 valence electrons. The predicted octanol–water partition coefficient (Wildman–Crippen LogP) is 2.89. The van der Waals surface area contributed by atoms with Gasteiger partial charge < -0.3 is 9.88 Å². The Kier molecular flexibility index (Phi) is 2.76. The van der Waals surface area contributed by atoms with Gasteiger partial charge in [-0.25, -0.2) is 4.39 Å². The quantitative estimate of drug-likeness (QED) is 0.750. The lowest BCUT2D eigenvalue weighted by atomic mass is 10.0. The maximum atomic E-state index is 14.1. The molecular weight excluding hydrogens is 281 g/mol. The van der Waals surface area contributed by atoms with Crippen molar-refractivity contribution in [2.45, 2.75) is 13.5 Å². The second-order valence-electron chi connectivity index (χ2n) is 5.47. The number of benzene rings is 1. The number of pyridine rings is 1. The monoisotopic (exact) mass is 295 g/mol. The van der Waals surface area contributed by atoms with E-state index in [4.69, 9.17) is 0 Å². The summed E-state index contributed by atoms with van der Waals surface area (Å²) in [4.78, 5) is 16.3. The van der Waals surface area contributed by atoms with Gasteiger partial charge in [0.05, 0.1) is 5.52 Å². The van der Waals surface area contributed by atoms with Gasteiger partial charge in [0.2, 0.25) is 0 Å². The molecule has 1 amide bonds. The predicted molar refractivity (Wildman–Crippen MR) is 82.2 cm³/mol. The summed E-state index contributed by atoms with van der Waals surface area (Å²) in [5, 5.41) is 3.63. The number of nitrogens with zero attached hydrogens (tertiary/aromatic N) is 2. The molecular formula is C17H14FN3O. The van der Waals surface area contributed by atoms with Crippen molar-refractivity contribution in [3.8, 4) is 11.1 Å².